The summed E-state index contributed by atoms with van der Waals surface area (Å²) in [4.78, 5) is 0. The van der Waals surface area contributed by atoms with Gasteiger partial charge in [0.05, 0.1) is 0 Å². The fraction of sp³-hybridized carbons (Fsp3) is 0.250. The van der Waals surface area contributed by atoms with Crippen LogP contribution in [-0.2, 0) is 12.8 Å². The predicted molar refractivity (Wildman–Crippen MR) is 109 cm³/mol. The smallest absolute Gasteiger partial charge is 0.387 e. The zero-order valence-corrected chi connectivity index (χ0v) is 16.7. The normalized spacial score (nSPS) is 11.2. The topological polar surface area (TPSA) is 29.5 Å². The first kappa shape index (κ1) is 21.7. The van der Waals surface area contributed by atoms with Crippen LogP contribution in [0.4, 0.5) is 17.6 Å². The first-order chi connectivity index (χ1) is 14.4. The van der Waals surface area contributed by atoms with Gasteiger partial charge >= 0.3 is 6.61 Å². The quantitative estimate of drug-likeness (QED) is 0.414. The maximum absolute atomic E-state index is 14.7. The second kappa shape index (κ2) is 9.20. The molecule has 6 heteroatoms. The lowest BCUT2D eigenvalue weighted by molar-refractivity contribution is -0.0498. The maximum atomic E-state index is 14.7. The van der Waals surface area contributed by atoms with Crippen LogP contribution in [0.15, 0.2) is 48.5 Å². The molecule has 0 radical (unpaired) electrons. The lowest BCUT2D eigenvalue weighted by Crippen LogP contribution is -2.03. The molecule has 0 saturated carbocycles. The minimum Gasteiger partial charge on any atom is -0.504 e. The van der Waals surface area contributed by atoms with Gasteiger partial charge in [-0.3, -0.25) is 0 Å². The SMILES string of the molecule is CCCc1ccc(-c2c(CC)c(F)c(F)c(O)c2-c2ccc(OC(F)F)cc2)cc1. The summed E-state index contributed by atoms with van der Waals surface area (Å²) in [5.74, 6) is -3.32. The van der Waals surface area contributed by atoms with Gasteiger partial charge in [0.25, 0.3) is 0 Å². The summed E-state index contributed by atoms with van der Waals surface area (Å²) < 4.78 is 58.4. The Kier molecular flexibility index (Phi) is 6.65. The van der Waals surface area contributed by atoms with E-state index >= 15 is 0 Å². The molecule has 30 heavy (non-hydrogen) atoms. The molecular formula is C24H22F4O2. The van der Waals surface area contributed by atoms with Gasteiger partial charge < -0.3 is 9.84 Å². The summed E-state index contributed by atoms with van der Waals surface area (Å²) in [7, 11) is 0. The third kappa shape index (κ3) is 4.27. The van der Waals surface area contributed by atoms with Gasteiger partial charge in [0, 0.05) is 5.56 Å². The van der Waals surface area contributed by atoms with Crippen LogP contribution < -0.4 is 4.74 Å². The molecule has 0 aromatic heterocycles. The van der Waals surface area contributed by atoms with Crippen LogP contribution in [-0.4, -0.2) is 11.7 Å². The zero-order valence-electron chi connectivity index (χ0n) is 16.7. The third-order valence-corrected chi connectivity index (χ3v) is 4.96. The van der Waals surface area contributed by atoms with E-state index in [0.717, 1.165) is 18.4 Å². The Bertz CT molecular complexity index is 1010. The van der Waals surface area contributed by atoms with Crippen molar-refractivity contribution in [1.29, 1.82) is 0 Å². The summed E-state index contributed by atoms with van der Waals surface area (Å²) in [5, 5.41) is 10.5. The third-order valence-electron chi connectivity index (χ3n) is 4.96. The van der Waals surface area contributed by atoms with E-state index in [9.17, 15) is 22.7 Å². The van der Waals surface area contributed by atoms with E-state index < -0.39 is 24.0 Å². The molecule has 0 spiro atoms. The van der Waals surface area contributed by atoms with Crippen molar-refractivity contribution in [3.63, 3.8) is 0 Å². The highest BCUT2D eigenvalue weighted by Gasteiger charge is 2.25. The van der Waals surface area contributed by atoms with E-state index in [0.29, 0.717) is 16.7 Å². The number of phenolic OH excluding ortho intramolecular Hbond substituents is 1. The van der Waals surface area contributed by atoms with Gasteiger partial charge in [0.1, 0.15) is 5.75 Å². The number of aryl methyl sites for hydroxylation is 1. The number of aromatic hydroxyl groups is 1. The highest BCUT2D eigenvalue weighted by molar-refractivity contribution is 5.90. The van der Waals surface area contributed by atoms with Crippen LogP contribution >= 0.6 is 0 Å². The Hall–Kier alpha value is -3.02. The molecule has 3 rings (SSSR count). The Morgan fingerprint density at radius 3 is 1.93 bits per heavy atom. The van der Waals surface area contributed by atoms with Crippen molar-refractivity contribution in [1.82, 2.24) is 0 Å². The van der Waals surface area contributed by atoms with Crippen molar-refractivity contribution >= 4 is 0 Å². The fourth-order valence-electron chi connectivity index (χ4n) is 3.59. The molecule has 0 atom stereocenters. The summed E-state index contributed by atoms with van der Waals surface area (Å²) >= 11 is 0. The minimum atomic E-state index is -2.98. The molecule has 0 unspecified atom stereocenters. The Morgan fingerprint density at radius 1 is 0.833 bits per heavy atom. The van der Waals surface area contributed by atoms with E-state index in [1.54, 1.807) is 6.92 Å². The molecule has 1 N–H and O–H groups in total. The number of halogens is 4. The molecule has 0 aliphatic carbocycles. The molecule has 3 aromatic rings. The molecule has 0 bridgehead atoms. The lowest BCUT2D eigenvalue weighted by Gasteiger charge is -2.19. The van der Waals surface area contributed by atoms with E-state index in [2.05, 4.69) is 11.7 Å². The molecule has 0 saturated heterocycles. The van der Waals surface area contributed by atoms with Crippen molar-refractivity contribution in [3.8, 4) is 33.8 Å². The van der Waals surface area contributed by atoms with Gasteiger partial charge in [-0.15, -0.1) is 0 Å². The van der Waals surface area contributed by atoms with Crippen molar-refractivity contribution < 1.29 is 27.4 Å². The van der Waals surface area contributed by atoms with Crippen molar-refractivity contribution in [2.75, 3.05) is 0 Å². The van der Waals surface area contributed by atoms with E-state index in [-0.39, 0.29) is 23.3 Å². The molecule has 3 aromatic carbocycles. The van der Waals surface area contributed by atoms with Crippen LogP contribution in [0.2, 0.25) is 0 Å². The number of benzene rings is 3. The lowest BCUT2D eigenvalue weighted by atomic mass is 9.87. The second-order valence-corrected chi connectivity index (χ2v) is 6.91. The molecule has 0 aliphatic heterocycles. The van der Waals surface area contributed by atoms with Crippen molar-refractivity contribution in [2.45, 2.75) is 39.7 Å². The molecule has 2 nitrogen and oxygen atoms in total. The number of rotatable bonds is 7. The van der Waals surface area contributed by atoms with Gasteiger partial charge in [-0.1, -0.05) is 56.7 Å². The first-order valence-electron chi connectivity index (χ1n) is 9.74. The van der Waals surface area contributed by atoms with E-state index in [1.807, 2.05) is 24.3 Å². The standard InChI is InChI=1S/C24H22F4O2/c1-3-5-14-6-8-15(9-7-14)19-18(4-2)21(25)22(26)23(29)20(19)16-10-12-17(13-11-16)30-24(27)28/h6-13,24,29H,3-5H2,1-2H3. The van der Waals surface area contributed by atoms with Gasteiger partial charge in [-0.25, -0.2) is 4.39 Å². The average Bonchev–Trinajstić information content (AvgIpc) is 2.73. The monoisotopic (exact) mass is 418 g/mol. The molecule has 0 amide bonds. The van der Waals surface area contributed by atoms with Crippen LogP contribution in [0.25, 0.3) is 22.3 Å². The van der Waals surface area contributed by atoms with Crippen LogP contribution in [0.5, 0.6) is 11.5 Å². The highest BCUT2D eigenvalue weighted by Crippen LogP contribution is 2.44. The van der Waals surface area contributed by atoms with E-state index in [1.165, 1.54) is 24.3 Å². The second-order valence-electron chi connectivity index (χ2n) is 6.91. The number of alkyl halides is 2. The largest absolute Gasteiger partial charge is 0.504 e. The van der Waals surface area contributed by atoms with Crippen molar-refractivity contribution in [3.05, 3.63) is 71.3 Å². The summed E-state index contributed by atoms with van der Waals surface area (Å²) in [6.07, 6.45) is 2.07. The van der Waals surface area contributed by atoms with Gasteiger partial charge in [-0.2, -0.15) is 13.2 Å². The predicted octanol–water partition coefficient (Wildman–Crippen LogP) is 7.12. The fourth-order valence-corrected chi connectivity index (χ4v) is 3.59. The number of phenols is 1. The molecule has 158 valence electrons. The first-order valence-corrected chi connectivity index (χ1v) is 9.74. The molecule has 0 heterocycles. The maximum Gasteiger partial charge on any atom is 0.387 e. The molecular weight excluding hydrogens is 396 g/mol. The molecule has 0 fully saturated rings. The number of ether oxygens (including phenoxy) is 1. The van der Waals surface area contributed by atoms with Crippen LogP contribution in [0.3, 0.4) is 0 Å². The molecule has 0 aliphatic rings. The van der Waals surface area contributed by atoms with Gasteiger partial charge in [-0.05, 0) is 52.8 Å². The van der Waals surface area contributed by atoms with Gasteiger partial charge in [0.15, 0.2) is 11.6 Å². The Morgan fingerprint density at radius 2 is 1.40 bits per heavy atom. The average molecular weight is 418 g/mol. The van der Waals surface area contributed by atoms with Crippen LogP contribution in [0, 0.1) is 11.6 Å². The Labute approximate surface area is 172 Å². The minimum absolute atomic E-state index is 0.0722. The summed E-state index contributed by atoms with van der Waals surface area (Å²) in [6, 6.07) is 12.9. The van der Waals surface area contributed by atoms with Crippen molar-refractivity contribution in [2.24, 2.45) is 0 Å². The van der Waals surface area contributed by atoms with Crippen LogP contribution in [0.1, 0.15) is 31.4 Å². The summed E-state index contributed by atoms with van der Waals surface area (Å²) in [6.45, 7) is 0.792. The highest BCUT2D eigenvalue weighted by atomic mass is 19.3. The van der Waals surface area contributed by atoms with Gasteiger partial charge in [0.2, 0.25) is 5.82 Å². The summed E-state index contributed by atoms with van der Waals surface area (Å²) in [5.41, 5.74) is 2.72. The Balaban J connectivity index is 2.22. The number of hydrogen-bond donors (Lipinski definition) is 1. The number of hydrogen-bond acceptors (Lipinski definition) is 2. The zero-order chi connectivity index (χ0) is 21.8. The van der Waals surface area contributed by atoms with E-state index in [4.69, 9.17) is 0 Å².